The molecule has 0 unspecified atom stereocenters. The van der Waals surface area contributed by atoms with Crippen molar-refractivity contribution in [3.8, 4) is 16.3 Å². The summed E-state index contributed by atoms with van der Waals surface area (Å²) in [6, 6.07) is 9.07. The number of thiophene rings is 1. The van der Waals surface area contributed by atoms with Crippen molar-refractivity contribution < 1.29 is 14.3 Å². The van der Waals surface area contributed by atoms with Crippen LogP contribution in [0.2, 0.25) is 0 Å². The largest absolute Gasteiger partial charge is 0.426 e. The second-order valence-corrected chi connectivity index (χ2v) is 7.59. The summed E-state index contributed by atoms with van der Waals surface area (Å²) in [6.45, 7) is 0.744. The first-order valence-electron chi connectivity index (χ1n) is 8.27. The first-order valence-corrected chi connectivity index (χ1v) is 10.1. The summed E-state index contributed by atoms with van der Waals surface area (Å²) < 4.78 is 5.39. The maximum atomic E-state index is 12.2. The van der Waals surface area contributed by atoms with E-state index in [1.165, 1.54) is 11.3 Å². The van der Waals surface area contributed by atoms with Gasteiger partial charge in [-0.15, -0.1) is 11.3 Å². The van der Waals surface area contributed by atoms with Gasteiger partial charge in [0.1, 0.15) is 10.8 Å². The molecule has 1 aliphatic rings. The molecule has 7 heteroatoms. The molecule has 0 N–H and O–H groups in total. The Bertz CT molecular complexity index is 917. The number of anilines is 1. The molecule has 132 valence electrons. The van der Waals surface area contributed by atoms with E-state index in [-0.39, 0.29) is 18.3 Å². The molecule has 3 heterocycles. The first-order chi connectivity index (χ1) is 12.7. The van der Waals surface area contributed by atoms with E-state index in [0.29, 0.717) is 17.9 Å². The van der Waals surface area contributed by atoms with Crippen molar-refractivity contribution in [2.45, 2.75) is 19.3 Å². The van der Waals surface area contributed by atoms with Gasteiger partial charge in [0.2, 0.25) is 5.91 Å². The third-order valence-corrected chi connectivity index (χ3v) is 5.72. The summed E-state index contributed by atoms with van der Waals surface area (Å²) in [5, 5.41) is 6.84. The van der Waals surface area contributed by atoms with Crippen LogP contribution in [0.25, 0.3) is 10.6 Å². The molecular formula is C19H16N2O3S2. The number of hydrogen-bond donors (Lipinski definition) is 0. The molecule has 1 aromatic carbocycles. The molecule has 26 heavy (non-hydrogen) atoms. The van der Waals surface area contributed by atoms with Crippen LogP contribution in [0.4, 0.5) is 5.69 Å². The van der Waals surface area contributed by atoms with Crippen molar-refractivity contribution in [1.29, 1.82) is 0 Å². The fourth-order valence-electron chi connectivity index (χ4n) is 2.84. The van der Waals surface area contributed by atoms with Crippen LogP contribution in [0.5, 0.6) is 5.75 Å². The minimum absolute atomic E-state index is 0.132. The third-order valence-electron chi connectivity index (χ3n) is 4.10. The lowest BCUT2D eigenvalue weighted by Crippen LogP contribution is -2.23. The summed E-state index contributed by atoms with van der Waals surface area (Å²) in [5.41, 5.74) is 2.62. The maximum absolute atomic E-state index is 12.2. The number of esters is 1. The molecule has 1 aliphatic heterocycles. The summed E-state index contributed by atoms with van der Waals surface area (Å²) in [7, 11) is 0. The van der Waals surface area contributed by atoms with Crippen LogP contribution in [0, 0.1) is 0 Å². The Balaban J connectivity index is 1.37. The average molecular weight is 384 g/mol. The van der Waals surface area contributed by atoms with E-state index in [1.807, 2.05) is 34.3 Å². The number of carbonyl (C=O) groups is 2. The molecule has 0 spiro atoms. The van der Waals surface area contributed by atoms with Crippen molar-refractivity contribution in [1.82, 2.24) is 4.98 Å². The van der Waals surface area contributed by atoms with E-state index in [1.54, 1.807) is 28.4 Å². The van der Waals surface area contributed by atoms with Crippen molar-refractivity contribution in [3.63, 3.8) is 0 Å². The molecule has 1 fully saturated rings. The Morgan fingerprint density at radius 2 is 2.04 bits per heavy atom. The monoisotopic (exact) mass is 384 g/mol. The Morgan fingerprint density at radius 1 is 1.19 bits per heavy atom. The number of thiazole rings is 1. The quantitative estimate of drug-likeness (QED) is 0.490. The first kappa shape index (κ1) is 16.9. The third kappa shape index (κ3) is 3.68. The van der Waals surface area contributed by atoms with E-state index in [9.17, 15) is 9.59 Å². The summed E-state index contributed by atoms with van der Waals surface area (Å²) in [5.74, 6) is 0.260. The van der Waals surface area contributed by atoms with Gasteiger partial charge in [0.25, 0.3) is 0 Å². The molecule has 3 aromatic rings. The Labute approximate surface area is 158 Å². The molecule has 5 nitrogen and oxygen atoms in total. The van der Waals surface area contributed by atoms with Gasteiger partial charge in [-0.05, 0) is 42.1 Å². The Kier molecular flexibility index (Phi) is 4.81. The van der Waals surface area contributed by atoms with Gasteiger partial charge in [0.05, 0.1) is 12.1 Å². The van der Waals surface area contributed by atoms with Crippen LogP contribution in [-0.4, -0.2) is 23.4 Å². The molecule has 0 atom stereocenters. The number of rotatable bonds is 5. The van der Waals surface area contributed by atoms with Gasteiger partial charge < -0.3 is 9.64 Å². The zero-order valence-electron chi connectivity index (χ0n) is 13.9. The fraction of sp³-hybridized carbons (Fsp3) is 0.211. The van der Waals surface area contributed by atoms with Crippen LogP contribution in [0.15, 0.2) is 46.5 Å². The van der Waals surface area contributed by atoms with Gasteiger partial charge in [0.15, 0.2) is 0 Å². The number of amides is 1. The van der Waals surface area contributed by atoms with E-state index >= 15 is 0 Å². The van der Waals surface area contributed by atoms with Crippen LogP contribution in [-0.2, 0) is 16.0 Å². The smallest absolute Gasteiger partial charge is 0.317 e. The number of hydrogen-bond acceptors (Lipinski definition) is 6. The number of carbonyl (C=O) groups excluding carboxylic acids is 2. The second kappa shape index (κ2) is 7.39. The van der Waals surface area contributed by atoms with Crippen LogP contribution >= 0.6 is 22.7 Å². The van der Waals surface area contributed by atoms with Crippen molar-refractivity contribution >= 4 is 40.2 Å². The zero-order valence-corrected chi connectivity index (χ0v) is 15.5. The highest BCUT2D eigenvalue weighted by molar-refractivity contribution is 7.14. The standard InChI is InChI=1S/C19H16N2O3S2/c22-17-2-1-8-21(17)15-3-5-16(6-4-15)24-18(23)10-14-12-26-19(20-14)13-7-9-25-11-13/h3-7,9,11-12H,1-2,8,10H2. The van der Waals surface area contributed by atoms with Crippen LogP contribution in [0.1, 0.15) is 18.5 Å². The molecule has 4 rings (SSSR count). The predicted octanol–water partition coefficient (Wildman–Crippen LogP) is 4.15. The summed E-state index contributed by atoms with van der Waals surface area (Å²) in [6.07, 6.45) is 1.61. The lowest BCUT2D eigenvalue weighted by molar-refractivity contribution is -0.133. The molecule has 2 aromatic heterocycles. The van der Waals surface area contributed by atoms with Gasteiger partial charge in [-0.1, -0.05) is 0 Å². The fourth-order valence-corrected chi connectivity index (χ4v) is 4.37. The molecule has 0 saturated carbocycles. The van der Waals surface area contributed by atoms with Crippen LogP contribution < -0.4 is 9.64 Å². The van der Waals surface area contributed by atoms with Crippen molar-refractivity contribution in [2.75, 3.05) is 11.4 Å². The van der Waals surface area contributed by atoms with E-state index in [4.69, 9.17) is 4.74 Å². The molecule has 0 radical (unpaired) electrons. The van der Waals surface area contributed by atoms with E-state index in [2.05, 4.69) is 4.98 Å². The number of benzene rings is 1. The second-order valence-electron chi connectivity index (χ2n) is 5.95. The average Bonchev–Trinajstić information content (AvgIpc) is 3.37. The van der Waals surface area contributed by atoms with Gasteiger partial charge in [0, 0.05) is 35.0 Å². The molecule has 1 saturated heterocycles. The number of aromatic nitrogens is 1. The Morgan fingerprint density at radius 3 is 2.73 bits per heavy atom. The summed E-state index contributed by atoms with van der Waals surface area (Å²) in [4.78, 5) is 30.2. The van der Waals surface area contributed by atoms with Gasteiger partial charge in [-0.25, -0.2) is 4.98 Å². The molecular weight excluding hydrogens is 368 g/mol. The highest BCUT2D eigenvalue weighted by Crippen LogP contribution is 2.27. The van der Waals surface area contributed by atoms with E-state index < -0.39 is 0 Å². The normalized spacial score (nSPS) is 14.0. The van der Waals surface area contributed by atoms with Gasteiger partial charge in [-0.3, -0.25) is 9.59 Å². The zero-order chi connectivity index (χ0) is 17.9. The highest BCUT2D eigenvalue weighted by Gasteiger charge is 2.21. The Hall–Kier alpha value is -2.51. The molecule has 1 amide bonds. The van der Waals surface area contributed by atoms with Crippen molar-refractivity contribution in [2.24, 2.45) is 0 Å². The van der Waals surface area contributed by atoms with E-state index in [0.717, 1.165) is 29.2 Å². The molecule has 0 bridgehead atoms. The predicted molar refractivity (Wildman–Crippen MR) is 103 cm³/mol. The lowest BCUT2D eigenvalue weighted by Gasteiger charge is -2.15. The minimum atomic E-state index is -0.350. The lowest BCUT2D eigenvalue weighted by atomic mass is 10.2. The summed E-state index contributed by atoms with van der Waals surface area (Å²) >= 11 is 3.14. The maximum Gasteiger partial charge on any atom is 0.317 e. The topological polar surface area (TPSA) is 59.5 Å². The highest BCUT2D eigenvalue weighted by atomic mass is 32.1. The van der Waals surface area contributed by atoms with Crippen LogP contribution in [0.3, 0.4) is 0 Å². The molecule has 0 aliphatic carbocycles. The van der Waals surface area contributed by atoms with Gasteiger partial charge in [-0.2, -0.15) is 11.3 Å². The van der Waals surface area contributed by atoms with Gasteiger partial charge >= 0.3 is 5.97 Å². The SMILES string of the molecule is O=C(Cc1csc(-c2ccsc2)n1)Oc1ccc(N2CCCC2=O)cc1. The number of ether oxygens (including phenoxy) is 1. The number of nitrogens with zero attached hydrogens (tertiary/aromatic N) is 2. The minimum Gasteiger partial charge on any atom is -0.426 e. The van der Waals surface area contributed by atoms with Crippen molar-refractivity contribution in [3.05, 3.63) is 52.2 Å².